The minimum Gasteiger partial charge on any atom is -0.481 e. The summed E-state index contributed by atoms with van der Waals surface area (Å²) in [4.78, 5) is 11.3. The fourth-order valence-corrected chi connectivity index (χ4v) is 4.42. The van der Waals surface area contributed by atoms with E-state index in [-0.39, 0.29) is 12.0 Å². The molecule has 5 rings (SSSR count). The third-order valence-electron chi connectivity index (χ3n) is 5.19. The number of carbonyl (C=O) groups is 1. The van der Waals surface area contributed by atoms with Gasteiger partial charge in [-0.25, -0.2) is 0 Å². The Hall–Kier alpha value is -1.35. The van der Waals surface area contributed by atoms with Crippen molar-refractivity contribution >= 4 is 5.97 Å². The lowest BCUT2D eigenvalue weighted by Gasteiger charge is -2.54. The molecule has 4 aliphatic rings. The van der Waals surface area contributed by atoms with Crippen LogP contribution in [0.2, 0.25) is 0 Å². The molecule has 1 aromatic carbocycles. The molecular formula is C15H17NO2. The van der Waals surface area contributed by atoms with Gasteiger partial charge in [-0.2, -0.15) is 0 Å². The van der Waals surface area contributed by atoms with E-state index >= 15 is 0 Å². The van der Waals surface area contributed by atoms with Gasteiger partial charge in [0.15, 0.2) is 0 Å². The van der Waals surface area contributed by atoms with Crippen molar-refractivity contribution in [3.05, 3.63) is 35.4 Å². The van der Waals surface area contributed by atoms with E-state index in [1.807, 2.05) is 0 Å². The first-order chi connectivity index (χ1) is 8.74. The molecule has 5 atom stereocenters. The summed E-state index contributed by atoms with van der Waals surface area (Å²) in [5.41, 5.74) is 2.94. The van der Waals surface area contributed by atoms with Crippen LogP contribution in [0.3, 0.4) is 0 Å². The number of carboxylic acid groups (broad SMARTS) is 1. The summed E-state index contributed by atoms with van der Waals surface area (Å²) >= 11 is 0. The Bertz CT molecular complexity index is 513. The van der Waals surface area contributed by atoms with Gasteiger partial charge in [0.2, 0.25) is 0 Å². The number of piperidine rings is 2. The summed E-state index contributed by atoms with van der Waals surface area (Å²) < 4.78 is 0. The molecule has 18 heavy (non-hydrogen) atoms. The van der Waals surface area contributed by atoms with E-state index in [4.69, 9.17) is 0 Å². The molecule has 3 heteroatoms. The van der Waals surface area contributed by atoms with E-state index in [0.29, 0.717) is 17.9 Å². The molecule has 1 aromatic rings. The lowest BCUT2D eigenvalue weighted by Crippen LogP contribution is -2.63. The zero-order valence-corrected chi connectivity index (χ0v) is 10.2. The van der Waals surface area contributed by atoms with Crippen LogP contribution in [-0.2, 0) is 11.2 Å². The average Bonchev–Trinajstić information content (AvgIpc) is 2.38. The highest BCUT2D eigenvalue weighted by Crippen LogP contribution is 2.50. The van der Waals surface area contributed by atoms with Crippen molar-refractivity contribution in [2.24, 2.45) is 11.8 Å². The number of benzene rings is 1. The van der Waals surface area contributed by atoms with Gasteiger partial charge in [-0.05, 0) is 42.2 Å². The second-order valence-electron chi connectivity index (χ2n) is 5.97. The fraction of sp³-hybridized carbons (Fsp3) is 0.533. The summed E-state index contributed by atoms with van der Waals surface area (Å²) in [5, 5.41) is 12.9. The molecule has 2 saturated heterocycles. The maximum absolute atomic E-state index is 11.3. The van der Waals surface area contributed by atoms with Crippen molar-refractivity contribution in [3.63, 3.8) is 0 Å². The molecule has 3 nitrogen and oxygen atoms in total. The highest BCUT2D eigenvalue weighted by Gasteiger charge is 2.51. The smallest absolute Gasteiger partial charge is 0.308 e. The molecule has 4 bridgehead atoms. The molecule has 0 aromatic heterocycles. The highest BCUT2D eigenvalue weighted by molar-refractivity contribution is 5.71. The number of rotatable bonds is 1. The summed E-state index contributed by atoms with van der Waals surface area (Å²) in [5.74, 6) is 0.309. The van der Waals surface area contributed by atoms with Gasteiger partial charge in [0, 0.05) is 12.1 Å². The predicted octanol–water partition coefficient (Wildman–Crippen LogP) is 1.78. The molecule has 1 saturated carbocycles. The second-order valence-corrected chi connectivity index (χ2v) is 5.97. The lowest BCUT2D eigenvalue weighted by atomic mass is 9.58. The minimum atomic E-state index is -0.622. The number of fused-ring (bicyclic) bond motifs is 2. The molecule has 2 aliphatic heterocycles. The zero-order chi connectivity index (χ0) is 12.3. The van der Waals surface area contributed by atoms with E-state index < -0.39 is 5.97 Å². The van der Waals surface area contributed by atoms with Gasteiger partial charge >= 0.3 is 5.97 Å². The van der Waals surface area contributed by atoms with Crippen molar-refractivity contribution in [2.45, 2.75) is 37.3 Å². The Kier molecular flexibility index (Phi) is 2.10. The molecule has 3 fully saturated rings. The van der Waals surface area contributed by atoms with Crippen molar-refractivity contribution in [2.75, 3.05) is 0 Å². The van der Waals surface area contributed by atoms with E-state index in [2.05, 4.69) is 29.6 Å². The average molecular weight is 243 g/mol. The molecular weight excluding hydrogens is 226 g/mol. The Labute approximate surface area is 106 Å². The van der Waals surface area contributed by atoms with E-state index in [1.165, 1.54) is 11.1 Å². The first-order valence-corrected chi connectivity index (χ1v) is 6.80. The third kappa shape index (κ3) is 1.31. The van der Waals surface area contributed by atoms with Crippen LogP contribution in [0.1, 0.15) is 29.9 Å². The second kappa shape index (κ2) is 3.58. The number of hydrogen-bond donors (Lipinski definition) is 2. The summed E-state index contributed by atoms with van der Waals surface area (Å²) in [7, 11) is 0. The molecule has 0 amide bonds. The number of hydrogen-bond acceptors (Lipinski definition) is 2. The van der Waals surface area contributed by atoms with Crippen LogP contribution in [0.25, 0.3) is 0 Å². The van der Waals surface area contributed by atoms with Crippen LogP contribution in [0.5, 0.6) is 0 Å². The summed E-state index contributed by atoms with van der Waals surface area (Å²) in [6.07, 6.45) is 2.92. The molecule has 0 radical (unpaired) electrons. The number of carboxylic acids is 1. The van der Waals surface area contributed by atoms with Crippen LogP contribution in [0, 0.1) is 11.8 Å². The normalized spacial score (nSPS) is 40.3. The van der Waals surface area contributed by atoms with Crippen LogP contribution < -0.4 is 5.32 Å². The SMILES string of the molecule is O=C(O)C1CC2C3Cc4ccccc4C2CC1N3. The Morgan fingerprint density at radius 3 is 2.83 bits per heavy atom. The van der Waals surface area contributed by atoms with E-state index in [1.54, 1.807) is 0 Å². The predicted molar refractivity (Wildman–Crippen MR) is 67.4 cm³/mol. The topological polar surface area (TPSA) is 49.3 Å². The monoisotopic (exact) mass is 243 g/mol. The van der Waals surface area contributed by atoms with Gasteiger partial charge in [0.1, 0.15) is 0 Å². The summed E-state index contributed by atoms with van der Waals surface area (Å²) in [6.45, 7) is 0. The van der Waals surface area contributed by atoms with Gasteiger partial charge in [-0.15, -0.1) is 0 Å². The Morgan fingerprint density at radius 1 is 1.22 bits per heavy atom. The first kappa shape index (κ1) is 10.6. The molecule has 0 spiro atoms. The quantitative estimate of drug-likeness (QED) is 0.790. The Morgan fingerprint density at radius 2 is 2.06 bits per heavy atom. The zero-order valence-electron chi connectivity index (χ0n) is 10.2. The van der Waals surface area contributed by atoms with Crippen LogP contribution in [0.4, 0.5) is 0 Å². The summed E-state index contributed by atoms with van der Waals surface area (Å²) in [6, 6.07) is 9.37. The van der Waals surface area contributed by atoms with Gasteiger partial charge < -0.3 is 10.4 Å². The molecule has 5 unspecified atom stereocenters. The standard InChI is InChI=1S/C15H17NO2/c17-15(18)12-6-11-10-7-14(12)16-13(11)5-8-3-1-2-4-9(8)10/h1-4,10-14,16H,5-7H2,(H,17,18). The van der Waals surface area contributed by atoms with Gasteiger partial charge in [0.05, 0.1) is 5.92 Å². The Balaban J connectivity index is 1.73. The van der Waals surface area contributed by atoms with Crippen molar-refractivity contribution in [3.8, 4) is 0 Å². The molecule has 94 valence electrons. The van der Waals surface area contributed by atoms with Crippen LogP contribution >= 0.6 is 0 Å². The van der Waals surface area contributed by atoms with Crippen LogP contribution in [0.15, 0.2) is 24.3 Å². The molecule has 2 heterocycles. The van der Waals surface area contributed by atoms with Crippen LogP contribution in [-0.4, -0.2) is 23.2 Å². The maximum atomic E-state index is 11.3. The lowest BCUT2D eigenvalue weighted by molar-refractivity contribution is -0.147. The van der Waals surface area contributed by atoms with Crippen molar-refractivity contribution in [1.82, 2.24) is 5.32 Å². The number of aliphatic carboxylic acids is 1. The van der Waals surface area contributed by atoms with Crippen molar-refractivity contribution < 1.29 is 9.90 Å². The molecule has 2 N–H and O–H groups in total. The van der Waals surface area contributed by atoms with E-state index in [0.717, 1.165) is 19.3 Å². The van der Waals surface area contributed by atoms with Gasteiger partial charge in [-0.1, -0.05) is 24.3 Å². The minimum absolute atomic E-state index is 0.173. The number of nitrogens with one attached hydrogen (secondary N) is 1. The largest absolute Gasteiger partial charge is 0.481 e. The van der Waals surface area contributed by atoms with Gasteiger partial charge in [-0.3, -0.25) is 4.79 Å². The fourth-order valence-electron chi connectivity index (χ4n) is 4.42. The van der Waals surface area contributed by atoms with E-state index in [9.17, 15) is 9.90 Å². The maximum Gasteiger partial charge on any atom is 0.308 e. The van der Waals surface area contributed by atoms with Gasteiger partial charge in [0.25, 0.3) is 0 Å². The van der Waals surface area contributed by atoms with Crippen molar-refractivity contribution in [1.29, 1.82) is 0 Å². The molecule has 2 aliphatic carbocycles. The third-order valence-corrected chi connectivity index (χ3v) is 5.19. The first-order valence-electron chi connectivity index (χ1n) is 6.80. The highest BCUT2D eigenvalue weighted by atomic mass is 16.4.